The minimum atomic E-state index is -0.135. The number of ether oxygens (including phenoxy) is 2. The number of nitrogens with one attached hydrogen (secondary N) is 1. The van der Waals surface area contributed by atoms with Crippen molar-refractivity contribution in [3.05, 3.63) is 59.7 Å². The average Bonchev–Trinajstić information content (AvgIpc) is 3.00. The zero-order valence-electron chi connectivity index (χ0n) is 14.5. The first-order valence-corrected chi connectivity index (χ1v) is 8.75. The molecule has 5 nitrogen and oxygen atoms in total. The van der Waals surface area contributed by atoms with Gasteiger partial charge in [0.25, 0.3) is 0 Å². The Labute approximate surface area is 159 Å². The van der Waals surface area contributed by atoms with Crippen LogP contribution in [0.2, 0.25) is 0 Å². The summed E-state index contributed by atoms with van der Waals surface area (Å²) in [6.07, 6.45) is 0.831. The summed E-state index contributed by atoms with van der Waals surface area (Å²) in [6, 6.07) is 15.9. The number of carbonyl (C=O) groups excluding carboxylic acids is 1. The summed E-state index contributed by atoms with van der Waals surface area (Å²) in [5.74, 6) is 1.76. The topological polar surface area (TPSA) is 50.8 Å². The molecule has 1 atom stereocenters. The summed E-state index contributed by atoms with van der Waals surface area (Å²) in [6.45, 7) is 3.21. The lowest BCUT2D eigenvalue weighted by Crippen LogP contribution is -2.37. The monoisotopic (exact) mass is 374 g/mol. The van der Waals surface area contributed by atoms with E-state index in [0.717, 1.165) is 30.0 Å². The van der Waals surface area contributed by atoms with E-state index in [2.05, 4.69) is 17.4 Å². The van der Waals surface area contributed by atoms with Gasteiger partial charge in [-0.3, -0.25) is 4.79 Å². The molecule has 1 N–H and O–H groups in total. The zero-order chi connectivity index (χ0) is 17.1. The third-order valence-corrected chi connectivity index (χ3v) is 4.70. The minimum absolute atomic E-state index is 0. The van der Waals surface area contributed by atoms with Gasteiger partial charge >= 0.3 is 0 Å². The molecule has 0 radical (unpaired) electrons. The number of halogens is 1. The van der Waals surface area contributed by atoms with E-state index in [1.165, 1.54) is 5.56 Å². The van der Waals surface area contributed by atoms with Gasteiger partial charge in [-0.25, -0.2) is 0 Å². The molecule has 6 heteroatoms. The lowest BCUT2D eigenvalue weighted by molar-refractivity contribution is -0.129. The van der Waals surface area contributed by atoms with Crippen LogP contribution in [-0.4, -0.2) is 36.6 Å². The number of benzene rings is 2. The Hall–Kier alpha value is -2.24. The number of nitrogens with zero attached hydrogens (tertiary/aromatic N) is 1. The van der Waals surface area contributed by atoms with Crippen molar-refractivity contribution in [3.8, 4) is 11.5 Å². The zero-order valence-corrected chi connectivity index (χ0v) is 15.3. The highest BCUT2D eigenvalue weighted by atomic mass is 35.5. The Bertz CT molecular complexity index is 754. The van der Waals surface area contributed by atoms with Crippen molar-refractivity contribution >= 4 is 18.3 Å². The van der Waals surface area contributed by atoms with Crippen molar-refractivity contribution in [2.45, 2.75) is 25.6 Å². The largest absolute Gasteiger partial charge is 0.486 e. The van der Waals surface area contributed by atoms with Crippen LogP contribution in [-0.2, 0) is 17.9 Å². The van der Waals surface area contributed by atoms with Crippen LogP contribution in [0.4, 0.5) is 0 Å². The van der Waals surface area contributed by atoms with Crippen molar-refractivity contribution in [1.82, 2.24) is 10.2 Å². The predicted octanol–water partition coefficient (Wildman–Crippen LogP) is 2.77. The third-order valence-electron chi connectivity index (χ3n) is 4.70. The standard InChI is InChI=1S/C20H22N2O3.ClH/c23-20-17(9-10-22(20)14-15-5-2-1-3-6-15)21-13-16-7-4-8-18-19(16)25-12-11-24-18;/h1-8,17,21H,9-14H2;1H. The predicted molar refractivity (Wildman–Crippen MR) is 102 cm³/mol. The van der Waals surface area contributed by atoms with Crippen LogP contribution in [0.1, 0.15) is 17.5 Å². The summed E-state index contributed by atoms with van der Waals surface area (Å²) in [4.78, 5) is 14.6. The van der Waals surface area contributed by atoms with Crippen LogP contribution in [0.5, 0.6) is 11.5 Å². The lowest BCUT2D eigenvalue weighted by atomic mass is 10.1. The molecule has 0 saturated carbocycles. The van der Waals surface area contributed by atoms with E-state index in [0.29, 0.717) is 26.3 Å². The van der Waals surface area contributed by atoms with E-state index in [9.17, 15) is 4.79 Å². The lowest BCUT2D eigenvalue weighted by Gasteiger charge is -2.22. The molecule has 4 rings (SSSR count). The number of amides is 1. The molecule has 0 spiro atoms. The quantitative estimate of drug-likeness (QED) is 0.874. The van der Waals surface area contributed by atoms with E-state index in [1.807, 2.05) is 41.3 Å². The SMILES string of the molecule is Cl.O=C1C(NCc2cccc3c2OCCO3)CCN1Cc1ccccc1. The second kappa shape index (κ2) is 8.43. The summed E-state index contributed by atoms with van der Waals surface area (Å²) >= 11 is 0. The average molecular weight is 375 g/mol. The maximum atomic E-state index is 12.6. The van der Waals surface area contributed by atoms with Gasteiger partial charge in [0.05, 0.1) is 6.04 Å². The molecule has 2 aromatic rings. The fourth-order valence-electron chi connectivity index (χ4n) is 3.40. The number of rotatable bonds is 5. The van der Waals surface area contributed by atoms with E-state index in [-0.39, 0.29) is 24.4 Å². The molecule has 2 aromatic carbocycles. The Morgan fingerprint density at radius 1 is 1.04 bits per heavy atom. The number of fused-ring (bicyclic) bond motifs is 1. The number of hydrogen-bond donors (Lipinski definition) is 1. The highest BCUT2D eigenvalue weighted by molar-refractivity contribution is 5.85. The van der Waals surface area contributed by atoms with Crippen molar-refractivity contribution in [2.75, 3.05) is 19.8 Å². The highest BCUT2D eigenvalue weighted by Gasteiger charge is 2.31. The maximum absolute atomic E-state index is 12.6. The van der Waals surface area contributed by atoms with Crippen LogP contribution in [0.25, 0.3) is 0 Å². The second-order valence-corrected chi connectivity index (χ2v) is 6.41. The molecule has 2 aliphatic heterocycles. The van der Waals surface area contributed by atoms with Gasteiger partial charge in [0.15, 0.2) is 11.5 Å². The minimum Gasteiger partial charge on any atom is -0.486 e. The third kappa shape index (κ3) is 3.94. The first-order chi connectivity index (χ1) is 12.3. The fourth-order valence-corrected chi connectivity index (χ4v) is 3.40. The molecule has 0 bridgehead atoms. The van der Waals surface area contributed by atoms with Gasteiger partial charge in [-0.1, -0.05) is 42.5 Å². The molecule has 26 heavy (non-hydrogen) atoms. The Morgan fingerprint density at radius 2 is 1.85 bits per heavy atom. The van der Waals surface area contributed by atoms with E-state index in [4.69, 9.17) is 9.47 Å². The molecule has 1 fully saturated rings. The second-order valence-electron chi connectivity index (χ2n) is 6.41. The van der Waals surface area contributed by atoms with Gasteiger partial charge in [-0.15, -0.1) is 12.4 Å². The Kier molecular flexibility index (Phi) is 6.01. The van der Waals surface area contributed by atoms with Crippen LogP contribution in [0, 0.1) is 0 Å². The van der Waals surface area contributed by atoms with Gasteiger partial charge in [0, 0.05) is 25.2 Å². The smallest absolute Gasteiger partial charge is 0.240 e. The molecule has 2 aliphatic rings. The summed E-state index contributed by atoms with van der Waals surface area (Å²) < 4.78 is 11.3. The van der Waals surface area contributed by atoms with E-state index in [1.54, 1.807) is 0 Å². The molecule has 1 saturated heterocycles. The summed E-state index contributed by atoms with van der Waals surface area (Å²) in [5.41, 5.74) is 2.20. The molecule has 1 amide bonds. The number of carbonyl (C=O) groups is 1. The molecule has 2 heterocycles. The van der Waals surface area contributed by atoms with Crippen LogP contribution < -0.4 is 14.8 Å². The van der Waals surface area contributed by atoms with Crippen molar-refractivity contribution < 1.29 is 14.3 Å². The highest BCUT2D eigenvalue weighted by Crippen LogP contribution is 2.33. The normalized spacial score (nSPS) is 18.5. The van der Waals surface area contributed by atoms with Gasteiger partial charge in [0.1, 0.15) is 13.2 Å². The van der Waals surface area contributed by atoms with E-state index >= 15 is 0 Å². The molecular formula is C20H23ClN2O3. The van der Waals surface area contributed by atoms with Crippen molar-refractivity contribution in [3.63, 3.8) is 0 Å². The molecule has 1 unspecified atom stereocenters. The van der Waals surface area contributed by atoms with Gasteiger partial charge in [-0.2, -0.15) is 0 Å². The Balaban J connectivity index is 0.00000196. The number of hydrogen-bond acceptors (Lipinski definition) is 4. The van der Waals surface area contributed by atoms with Gasteiger partial charge in [-0.05, 0) is 18.1 Å². The summed E-state index contributed by atoms with van der Waals surface area (Å²) in [5, 5.41) is 3.39. The van der Waals surface area contributed by atoms with Crippen LogP contribution in [0.3, 0.4) is 0 Å². The first kappa shape index (κ1) is 18.5. The van der Waals surface area contributed by atoms with Crippen molar-refractivity contribution in [2.24, 2.45) is 0 Å². The molecule has 0 aliphatic carbocycles. The Morgan fingerprint density at radius 3 is 2.69 bits per heavy atom. The summed E-state index contributed by atoms with van der Waals surface area (Å²) in [7, 11) is 0. The number of likely N-dealkylation sites (tertiary alicyclic amines) is 1. The van der Waals surface area contributed by atoms with Gasteiger partial charge < -0.3 is 19.7 Å². The van der Waals surface area contributed by atoms with Crippen LogP contribution in [0.15, 0.2) is 48.5 Å². The first-order valence-electron chi connectivity index (χ1n) is 8.75. The fraction of sp³-hybridized carbons (Fsp3) is 0.350. The number of para-hydroxylation sites is 1. The maximum Gasteiger partial charge on any atom is 0.240 e. The molecule has 0 aromatic heterocycles. The van der Waals surface area contributed by atoms with Crippen molar-refractivity contribution in [1.29, 1.82) is 0 Å². The molecular weight excluding hydrogens is 352 g/mol. The van der Waals surface area contributed by atoms with Gasteiger partial charge in [0.2, 0.25) is 5.91 Å². The van der Waals surface area contributed by atoms with E-state index < -0.39 is 0 Å². The van der Waals surface area contributed by atoms with Crippen LogP contribution >= 0.6 is 12.4 Å². The molecule has 138 valence electrons.